The third-order valence-corrected chi connectivity index (χ3v) is 5.27. The highest BCUT2D eigenvalue weighted by Crippen LogP contribution is 2.33. The smallest absolute Gasteiger partial charge is 0.238 e. The summed E-state index contributed by atoms with van der Waals surface area (Å²) in [5.74, 6) is 0.364. The molecule has 3 rings (SSSR count). The lowest BCUT2D eigenvalue weighted by Crippen LogP contribution is -2.31. The maximum absolute atomic E-state index is 12.9. The molecule has 7 heteroatoms. The molecule has 0 unspecified atom stereocenters. The third-order valence-electron chi connectivity index (χ3n) is 4.36. The monoisotopic (exact) mass is 364 g/mol. The predicted molar refractivity (Wildman–Crippen MR) is 94.8 cm³/mol. The molecule has 25 heavy (non-hydrogen) atoms. The van der Waals surface area contributed by atoms with E-state index in [2.05, 4.69) is 11.8 Å². The van der Waals surface area contributed by atoms with Gasteiger partial charge in [0.25, 0.3) is 0 Å². The van der Waals surface area contributed by atoms with Crippen LogP contribution in [-0.2, 0) is 16.4 Å². The number of nitrogens with two attached hydrogens (primary N) is 1. The van der Waals surface area contributed by atoms with Crippen molar-refractivity contribution in [2.75, 3.05) is 18.1 Å². The number of halogens is 1. The number of rotatable bonds is 6. The van der Waals surface area contributed by atoms with Crippen LogP contribution >= 0.6 is 0 Å². The Morgan fingerprint density at radius 1 is 1.24 bits per heavy atom. The normalized spacial score (nSPS) is 16.8. The Kier molecular flexibility index (Phi) is 4.96. The van der Waals surface area contributed by atoms with Gasteiger partial charge in [0.1, 0.15) is 11.6 Å². The van der Waals surface area contributed by atoms with Crippen LogP contribution in [0.3, 0.4) is 0 Å². The number of primary sulfonamides is 1. The molecular weight excluding hydrogens is 343 g/mol. The molecular formula is C18H21FN2O3S. The largest absolute Gasteiger partial charge is 0.494 e. The van der Waals surface area contributed by atoms with E-state index in [-0.39, 0.29) is 16.8 Å². The first-order valence-corrected chi connectivity index (χ1v) is 9.70. The maximum Gasteiger partial charge on any atom is 0.238 e. The molecule has 2 aromatic rings. The van der Waals surface area contributed by atoms with Crippen LogP contribution in [0, 0.1) is 5.82 Å². The molecule has 0 aromatic heterocycles. The molecule has 2 N–H and O–H groups in total. The second kappa shape index (κ2) is 7.01. The van der Waals surface area contributed by atoms with Gasteiger partial charge in [0.15, 0.2) is 0 Å². The first-order chi connectivity index (χ1) is 11.8. The molecule has 1 aliphatic rings. The minimum Gasteiger partial charge on any atom is -0.494 e. The number of benzene rings is 2. The second-order valence-electron chi connectivity index (χ2n) is 6.24. The average Bonchev–Trinajstić information content (AvgIpc) is 2.87. The molecule has 5 nitrogen and oxygen atoms in total. The van der Waals surface area contributed by atoms with Crippen molar-refractivity contribution in [1.29, 1.82) is 0 Å². The van der Waals surface area contributed by atoms with Gasteiger partial charge in [-0.3, -0.25) is 0 Å². The van der Waals surface area contributed by atoms with E-state index in [0.29, 0.717) is 12.4 Å². The first kappa shape index (κ1) is 17.7. The van der Waals surface area contributed by atoms with Crippen LogP contribution in [0.1, 0.15) is 18.9 Å². The fourth-order valence-corrected chi connectivity index (χ4v) is 3.71. The standard InChI is InChI=1S/C18H21FN2O3S/c1-13-11-14-12-17(25(20,22)23)7-8-18(14)21(13)9-2-10-24-16-5-3-15(19)4-6-16/h3-8,12-13H,2,9-11H2,1H3,(H2,20,22,23)/t13-/m1/s1. The molecule has 0 aliphatic carbocycles. The minimum absolute atomic E-state index is 0.153. The van der Waals surface area contributed by atoms with E-state index in [1.54, 1.807) is 24.3 Å². The number of hydrogen-bond donors (Lipinski definition) is 1. The van der Waals surface area contributed by atoms with Crippen LogP contribution in [0.2, 0.25) is 0 Å². The molecule has 0 bridgehead atoms. The molecule has 0 fully saturated rings. The topological polar surface area (TPSA) is 72.6 Å². The highest BCUT2D eigenvalue weighted by molar-refractivity contribution is 7.89. The van der Waals surface area contributed by atoms with Crippen molar-refractivity contribution in [2.24, 2.45) is 5.14 Å². The molecule has 1 aliphatic heterocycles. The van der Waals surface area contributed by atoms with E-state index in [9.17, 15) is 12.8 Å². The van der Waals surface area contributed by atoms with Crippen LogP contribution in [0.5, 0.6) is 5.75 Å². The maximum atomic E-state index is 12.9. The molecule has 0 spiro atoms. The van der Waals surface area contributed by atoms with Gasteiger partial charge < -0.3 is 9.64 Å². The van der Waals surface area contributed by atoms with Gasteiger partial charge >= 0.3 is 0 Å². The van der Waals surface area contributed by atoms with Crippen molar-refractivity contribution >= 4 is 15.7 Å². The summed E-state index contributed by atoms with van der Waals surface area (Å²) in [6, 6.07) is 11.3. The first-order valence-electron chi connectivity index (χ1n) is 8.15. The summed E-state index contributed by atoms with van der Waals surface area (Å²) >= 11 is 0. The molecule has 1 atom stereocenters. The zero-order valence-electron chi connectivity index (χ0n) is 14.0. The van der Waals surface area contributed by atoms with E-state index >= 15 is 0 Å². The van der Waals surface area contributed by atoms with Gasteiger partial charge in [-0.05, 0) is 67.8 Å². The zero-order valence-corrected chi connectivity index (χ0v) is 14.8. The van der Waals surface area contributed by atoms with Gasteiger partial charge in [-0.2, -0.15) is 0 Å². The van der Waals surface area contributed by atoms with E-state index in [4.69, 9.17) is 9.88 Å². The summed E-state index contributed by atoms with van der Waals surface area (Å²) in [6.07, 6.45) is 1.59. The fraction of sp³-hybridized carbons (Fsp3) is 0.333. The summed E-state index contributed by atoms with van der Waals surface area (Å²) in [4.78, 5) is 2.40. The number of anilines is 1. The quantitative estimate of drug-likeness (QED) is 0.800. The van der Waals surface area contributed by atoms with E-state index in [1.165, 1.54) is 12.1 Å². The van der Waals surface area contributed by atoms with Gasteiger partial charge in [0, 0.05) is 18.3 Å². The minimum atomic E-state index is -3.68. The van der Waals surface area contributed by atoms with Crippen molar-refractivity contribution in [2.45, 2.75) is 30.7 Å². The lowest BCUT2D eigenvalue weighted by molar-refractivity contribution is 0.310. The van der Waals surface area contributed by atoms with Crippen molar-refractivity contribution < 1.29 is 17.5 Å². The molecule has 2 aromatic carbocycles. The van der Waals surface area contributed by atoms with Crippen LogP contribution in [0.15, 0.2) is 47.4 Å². The number of nitrogens with zero attached hydrogens (tertiary/aromatic N) is 1. The predicted octanol–water partition coefficient (Wildman–Crippen LogP) is 2.69. The molecule has 0 saturated heterocycles. The SMILES string of the molecule is C[C@@H]1Cc2cc(S(N)(=O)=O)ccc2N1CCCOc1ccc(F)cc1. The number of fused-ring (bicyclic) bond motifs is 1. The van der Waals surface area contributed by atoms with Crippen LogP contribution in [0.25, 0.3) is 0 Å². The van der Waals surface area contributed by atoms with Gasteiger partial charge in [0.2, 0.25) is 10.0 Å². The van der Waals surface area contributed by atoms with Crippen molar-refractivity contribution in [3.05, 3.63) is 53.8 Å². The summed E-state index contributed by atoms with van der Waals surface area (Å²) in [5, 5.41) is 5.20. The summed E-state index contributed by atoms with van der Waals surface area (Å²) < 4.78 is 41.4. The molecule has 0 amide bonds. The Morgan fingerprint density at radius 3 is 2.64 bits per heavy atom. The van der Waals surface area contributed by atoms with Gasteiger partial charge in [-0.1, -0.05) is 0 Å². The summed E-state index contributed by atoms with van der Waals surface area (Å²) in [5.41, 5.74) is 2.04. The highest BCUT2D eigenvalue weighted by atomic mass is 32.2. The van der Waals surface area contributed by atoms with Gasteiger partial charge in [0.05, 0.1) is 11.5 Å². The second-order valence-corrected chi connectivity index (χ2v) is 7.80. The van der Waals surface area contributed by atoms with Crippen molar-refractivity contribution in [3.8, 4) is 5.75 Å². The Labute approximate surface area is 147 Å². The Balaban J connectivity index is 1.60. The zero-order chi connectivity index (χ0) is 18.0. The molecule has 0 radical (unpaired) electrons. The molecule has 1 heterocycles. The van der Waals surface area contributed by atoms with Crippen LogP contribution < -0.4 is 14.8 Å². The van der Waals surface area contributed by atoms with Gasteiger partial charge in [-0.25, -0.2) is 17.9 Å². The lowest BCUT2D eigenvalue weighted by atomic mass is 10.1. The van der Waals surface area contributed by atoms with Crippen molar-refractivity contribution in [3.63, 3.8) is 0 Å². The van der Waals surface area contributed by atoms with E-state index < -0.39 is 10.0 Å². The van der Waals surface area contributed by atoms with Crippen LogP contribution in [-0.4, -0.2) is 27.6 Å². The number of sulfonamides is 1. The highest BCUT2D eigenvalue weighted by Gasteiger charge is 2.26. The lowest BCUT2D eigenvalue weighted by Gasteiger charge is -2.25. The summed E-state index contributed by atoms with van der Waals surface area (Å²) in [7, 11) is -3.68. The molecule has 0 saturated carbocycles. The summed E-state index contributed by atoms with van der Waals surface area (Å²) in [6.45, 7) is 3.43. The third kappa shape index (κ3) is 4.11. The Hall–Kier alpha value is -2.12. The van der Waals surface area contributed by atoms with Crippen LogP contribution in [0.4, 0.5) is 10.1 Å². The van der Waals surface area contributed by atoms with E-state index in [0.717, 1.165) is 30.6 Å². The van der Waals surface area contributed by atoms with Crippen molar-refractivity contribution in [1.82, 2.24) is 0 Å². The Morgan fingerprint density at radius 2 is 1.96 bits per heavy atom. The number of hydrogen-bond acceptors (Lipinski definition) is 4. The Bertz CT molecular complexity index is 853. The number of ether oxygens (including phenoxy) is 1. The van der Waals surface area contributed by atoms with Gasteiger partial charge in [-0.15, -0.1) is 0 Å². The molecule has 134 valence electrons. The average molecular weight is 364 g/mol. The van der Waals surface area contributed by atoms with E-state index in [1.807, 2.05) is 6.07 Å². The fourth-order valence-electron chi connectivity index (χ4n) is 3.15.